The van der Waals surface area contributed by atoms with Crippen molar-refractivity contribution in [1.29, 1.82) is 0 Å². The van der Waals surface area contributed by atoms with E-state index in [0.717, 1.165) is 26.2 Å². The van der Waals surface area contributed by atoms with Crippen LogP contribution in [-0.2, 0) is 0 Å². The number of piperazine rings is 1. The van der Waals surface area contributed by atoms with Crippen LogP contribution in [0, 0.1) is 6.92 Å². The Morgan fingerprint density at radius 1 is 1.10 bits per heavy atom. The minimum absolute atomic E-state index is 0.103. The minimum atomic E-state index is -0.908. The lowest BCUT2D eigenvalue weighted by Gasteiger charge is -2.37. The number of anilines is 1. The predicted molar refractivity (Wildman–Crippen MR) is 118 cm³/mol. The first-order valence-electron chi connectivity index (χ1n) is 10.8. The number of nitrogens with zero attached hydrogens (tertiary/aromatic N) is 2. The van der Waals surface area contributed by atoms with E-state index in [9.17, 15) is 15.0 Å². The molecule has 3 atom stereocenters. The Morgan fingerprint density at radius 3 is 2.55 bits per heavy atom. The van der Waals surface area contributed by atoms with Crippen molar-refractivity contribution in [1.82, 2.24) is 4.90 Å². The van der Waals surface area contributed by atoms with Gasteiger partial charge >= 0.3 is 0 Å². The van der Waals surface area contributed by atoms with Gasteiger partial charge in [-0.25, -0.2) is 0 Å². The van der Waals surface area contributed by atoms with Gasteiger partial charge in [0.05, 0.1) is 11.7 Å². The molecule has 3 unspecified atom stereocenters. The molecule has 7 heteroatoms. The minimum Gasteiger partial charge on any atom is -0.487 e. The highest BCUT2D eigenvalue weighted by Gasteiger charge is 2.37. The number of Topliss-reactive ketones (excluding diaryl/α,β-unsaturated/α-hetero) is 1. The molecule has 0 aliphatic carbocycles. The van der Waals surface area contributed by atoms with E-state index in [0.29, 0.717) is 23.6 Å². The second kappa shape index (κ2) is 9.26. The molecule has 0 bridgehead atoms. The number of hydrogen-bond acceptors (Lipinski definition) is 7. The van der Waals surface area contributed by atoms with Crippen LogP contribution in [0.2, 0.25) is 0 Å². The molecular formula is C24H30N2O5. The van der Waals surface area contributed by atoms with Crippen molar-refractivity contribution >= 4 is 11.5 Å². The van der Waals surface area contributed by atoms with Gasteiger partial charge in [0.2, 0.25) is 5.78 Å². The molecule has 0 amide bonds. The highest BCUT2D eigenvalue weighted by molar-refractivity contribution is 6.05. The van der Waals surface area contributed by atoms with Crippen molar-refractivity contribution < 1.29 is 24.5 Å². The first-order chi connectivity index (χ1) is 14.9. The molecule has 7 nitrogen and oxygen atoms in total. The topological polar surface area (TPSA) is 82.5 Å². The van der Waals surface area contributed by atoms with Crippen molar-refractivity contribution in [2.45, 2.75) is 32.2 Å². The maximum absolute atomic E-state index is 12.3. The Kier molecular flexibility index (Phi) is 6.46. The number of aliphatic hydroxyl groups excluding tert-OH is 2. The number of para-hydroxylation sites is 2. The molecule has 0 radical (unpaired) electrons. The van der Waals surface area contributed by atoms with E-state index in [1.807, 2.05) is 0 Å². The summed E-state index contributed by atoms with van der Waals surface area (Å²) < 4.78 is 11.4. The SMILES string of the molecule is Cc1ccccc1N1CCN(CC(O)COc2cccc3c2OC(C(C)O)C3=O)CC1. The molecule has 2 aromatic rings. The number of ether oxygens (including phenoxy) is 2. The van der Waals surface area contributed by atoms with Crippen LogP contribution in [0.15, 0.2) is 42.5 Å². The summed E-state index contributed by atoms with van der Waals surface area (Å²) in [5.41, 5.74) is 2.96. The maximum atomic E-state index is 12.3. The first kappa shape index (κ1) is 21.6. The van der Waals surface area contributed by atoms with Crippen LogP contribution >= 0.6 is 0 Å². The van der Waals surface area contributed by atoms with Crippen molar-refractivity contribution in [3.63, 3.8) is 0 Å². The van der Waals surface area contributed by atoms with E-state index in [1.54, 1.807) is 18.2 Å². The monoisotopic (exact) mass is 426 g/mol. The summed E-state index contributed by atoms with van der Waals surface area (Å²) >= 11 is 0. The average molecular weight is 427 g/mol. The number of ketones is 1. The van der Waals surface area contributed by atoms with E-state index >= 15 is 0 Å². The standard InChI is InChI=1S/C24H30N2O5/c1-16-6-3-4-8-20(16)26-12-10-25(11-13-26)14-18(28)15-30-21-9-5-7-19-22(29)23(17(2)27)31-24(19)21/h3-9,17-18,23,27-28H,10-15H2,1-2H3. The summed E-state index contributed by atoms with van der Waals surface area (Å²) in [6.45, 7) is 7.86. The molecule has 2 aliphatic rings. The average Bonchev–Trinajstić information content (AvgIpc) is 3.11. The zero-order chi connectivity index (χ0) is 22.0. The number of aliphatic hydroxyl groups is 2. The van der Waals surface area contributed by atoms with Crippen molar-refractivity contribution in [3.8, 4) is 11.5 Å². The number of carbonyl (C=O) groups excluding carboxylic acids is 1. The summed E-state index contributed by atoms with van der Waals surface area (Å²) in [5, 5.41) is 20.3. The van der Waals surface area contributed by atoms with Gasteiger partial charge in [-0.2, -0.15) is 0 Å². The largest absolute Gasteiger partial charge is 0.487 e. The molecule has 0 aromatic heterocycles. The smallest absolute Gasteiger partial charge is 0.209 e. The van der Waals surface area contributed by atoms with Crippen LogP contribution in [0.25, 0.3) is 0 Å². The number of β-amino-alcohol motifs (C(OH)–C–C–N with tert-alkyl or cyclic N) is 1. The van der Waals surface area contributed by atoms with Crippen LogP contribution < -0.4 is 14.4 Å². The number of hydrogen-bond donors (Lipinski definition) is 2. The van der Waals surface area contributed by atoms with E-state index in [1.165, 1.54) is 18.2 Å². The summed E-state index contributed by atoms with van der Waals surface area (Å²) in [7, 11) is 0. The highest BCUT2D eigenvalue weighted by Crippen LogP contribution is 2.38. The lowest BCUT2D eigenvalue weighted by Crippen LogP contribution is -2.49. The van der Waals surface area contributed by atoms with Gasteiger partial charge in [-0.1, -0.05) is 24.3 Å². The van der Waals surface area contributed by atoms with E-state index in [-0.39, 0.29) is 12.4 Å². The molecule has 166 valence electrons. The van der Waals surface area contributed by atoms with Crippen molar-refractivity contribution in [3.05, 3.63) is 53.6 Å². The summed E-state index contributed by atoms with van der Waals surface area (Å²) in [6, 6.07) is 13.5. The van der Waals surface area contributed by atoms with Gasteiger partial charge in [0.25, 0.3) is 0 Å². The Morgan fingerprint density at radius 2 is 1.84 bits per heavy atom. The number of carbonyl (C=O) groups is 1. The van der Waals surface area contributed by atoms with Crippen LogP contribution in [0.4, 0.5) is 5.69 Å². The third-order valence-electron chi connectivity index (χ3n) is 5.91. The fourth-order valence-electron chi connectivity index (χ4n) is 4.22. The molecule has 1 saturated heterocycles. The third-order valence-corrected chi connectivity index (χ3v) is 5.91. The highest BCUT2D eigenvalue weighted by atomic mass is 16.5. The zero-order valence-corrected chi connectivity index (χ0v) is 18.0. The van der Waals surface area contributed by atoms with Gasteiger partial charge in [-0.3, -0.25) is 9.69 Å². The van der Waals surface area contributed by atoms with Crippen molar-refractivity contribution in [2.75, 3.05) is 44.2 Å². The lowest BCUT2D eigenvalue weighted by atomic mass is 10.1. The second-order valence-corrected chi connectivity index (χ2v) is 8.32. The van der Waals surface area contributed by atoms with E-state index in [4.69, 9.17) is 9.47 Å². The van der Waals surface area contributed by atoms with Gasteiger partial charge in [-0.05, 0) is 37.6 Å². The fraction of sp³-hybridized carbons (Fsp3) is 0.458. The lowest BCUT2D eigenvalue weighted by molar-refractivity contribution is 0.0454. The van der Waals surface area contributed by atoms with Crippen LogP contribution in [0.1, 0.15) is 22.8 Å². The van der Waals surface area contributed by atoms with Crippen LogP contribution in [0.5, 0.6) is 11.5 Å². The fourth-order valence-corrected chi connectivity index (χ4v) is 4.22. The molecule has 0 spiro atoms. The van der Waals surface area contributed by atoms with E-state index < -0.39 is 18.3 Å². The predicted octanol–water partition coefficient (Wildman–Crippen LogP) is 1.88. The van der Waals surface area contributed by atoms with Crippen molar-refractivity contribution in [2.24, 2.45) is 0 Å². The van der Waals surface area contributed by atoms with Gasteiger partial charge in [-0.15, -0.1) is 0 Å². The maximum Gasteiger partial charge on any atom is 0.209 e. The number of fused-ring (bicyclic) bond motifs is 1. The first-order valence-corrected chi connectivity index (χ1v) is 10.8. The summed E-state index contributed by atoms with van der Waals surface area (Å²) in [6.07, 6.45) is -2.48. The summed E-state index contributed by atoms with van der Waals surface area (Å²) in [4.78, 5) is 17.0. The van der Waals surface area contributed by atoms with Gasteiger partial charge in [0, 0.05) is 38.4 Å². The molecule has 2 N–H and O–H groups in total. The molecule has 31 heavy (non-hydrogen) atoms. The molecule has 2 aliphatic heterocycles. The molecule has 1 fully saturated rings. The Balaban J connectivity index is 1.28. The molecule has 2 heterocycles. The Labute approximate surface area is 182 Å². The second-order valence-electron chi connectivity index (χ2n) is 8.32. The van der Waals surface area contributed by atoms with E-state index in [2.05, 4.69) is 41.0 Å². The van der Waals surface area contributed by atoms with Gasteiger partial charge in [0.15, 0.2) is 17.6 Å². The number of aryl methyl sites for hydroxylation is 1. The van der Waals surface area contributed by atoms with Crippen LogP contribution in [-0.4, -0.2) is 78.5 Å². The van der Waals surface area contributed by atoms with Crippen LogP contribution in [0.3, 0.4) is 0 Å². The Bertz CT molecular complexity index is 924. The van der Waals surface area contributed by atoms with Gasteiger partial charge in [0.1, 0.15) is 12.7 Å². The summed E-state index contributed by atoms with van der Waals surface area (Å²) in [5.74, 6) is 0.511. The normalized spacial score (nSPS) is 20.8. The Hall–Kier alpha value is -2.61. The quantitative estimate of drug-likeness (QED) is 0.700. The number of rotatable bonds is 7. The van der Waals surface area contributed by atoms with Gasteiger partial charge < -0.3 is 24.6 Å². The molecule has 2 aromatic carbocycles. The molecule has 0 saturated carbocycles. The molecular weight excluding hydrogens is 396 g/mol. The number of benzene rings is 2. The molecule has 4 rings (SSSR count). The zero-order valence-electron chi connectivity index (χ0n) is 18.0. The third kappa shape index (κ3) is 4.69.